The first kappa shape index (κ1) is 47.5. The molecule has 1 aliphatic rings. The van der Waals surface area contributed by atoms with Gasteiger partial charge in [-0.05, 0) is 93.2 Å². The number of nitrogens with one attached hydrogen (secondary N) is 1. The first-order valence-electron chi connectivity index (χ1n) is 18.0. The van der Waals surface area contributed by atoms with Gasteiger partial charge in [-0.2, -0.15) is 11.8 Å². The van der Waals surface area contributed by atoms with E-state index in [4.69, 9.17) is 30.5 Å². The summed E-state index contributed by atoms with van der Waals surface area (Å²) in [6, 6.07) is 11.5. The maximum Gasteiger partial charge on any atom is 0.333 e. The minimum Gasteiger partial charge on any atom is -0.493 e. The lowest BCUT2D eigenvalue weighted by atomic mass is 10.1. The molecule has 2 aromatic carbocycles. The number of unbranched alkanes of at least 4 members (excludes halogenated alkanes) is 2. The highest BCUT2D eigenvalue weighted by Crippen LogP contribution is 2.32. The zero-order valence-corrected chi connectivity index (χ0v) is 33.5. The molecule has 0 radical (unpaired) electrons. The van der Waals surface area contributed by atoms with Gasteiger partial charge in [-0.1, -0.05) is 80.8 Å². The second-order valence-electron chi connectivity index (χ2n) is 12.0. The molecular formula is C40H55ClN2O10S. The molecule has 3 unspecified atom stereocenters. The zero-order valence-electron chi connectivity index (χ0n) is 31.9. The van der Waals surface area contributed by atoms with Gasteiger partial charge in [0.15, 0.2) is 11.5 Å². The van der Waals surface area contributed by atoms with Crippen LogP contribution in [0, 0.1) is 16.0 Å². The molecule has 1 fully saturated rings. The summed E-state index contributed by atoms with van der Waals surface area (Å²) in [7, 11) is 1.41. The maximum absolute atomic E-state index is 11.9. The monoisotopic (exact) mass is 790 g/mol. The number of ether oxygens (including phenoxy) is 4. The van der Waals surface area contributed by atoms with Gasteiger partial charge in [0.25, 0.3) is 5.09 Å². The number of hydrogen-bond donors (Lipinski definition) is 1. The molecule has 1 heterocycles. The van der Waals surface area contributed by atoms with Crippen LogP contribution in [0.2, 0.25) is 5.02 Å². The number of allylic oxidation sites excluding steroid dienone is 2. The van der Waals surface area contributed by atoms with Gasteiger partial charge in [0.1, 0.15) is 18.4 Å². The number of carbonyl (C=O) groups excluding carboxylic acids is 3. The van der Waals surface area contributed by atoms with E-state index in [2.05, 4.69) is 67.0 Å². The predicted molar refractivity (Wildman–Crippen MR) is 215 cm³/mol. The summed E-state index contributed by atoms with van der Waals surface area (Å²) in [4.78, 5) is 47.8. The molecule has 12 nitrogen and oxygen atoms in total. The Hall–Kier alpha value is -4.49. The number of amides is 1. The van der Waals surface area contributed by atoms with E-state index in [-0.39, 0.29) is 31.8 Å². The molecule has 3 atom stereocenters. The number of hydrogen-bond acceptors (Lipinski definition) is 11. The number of thioether (sulfide) groups is 1. The molecule has 54 heavy (non-hydrogen) atoms. The summed E-state index contributed by atoms with van der Waals surface area (Å²) < 4.78 is 21.0. The predicted octanol–water partition coefficient (Wildman–Crippen LogP) is 8.84. The Kier molecular flexibility index (Phi) is 26.3. The van der Waals surface area contributed by atoms with Crippen molar-refractivity contribution in [3.63, 3.8) is 0 Å². The van der Waals surface area contributed by atoms with Crippen molar-refractivity contribution in [2.75, 3.05) is 32.7 Å². The van der Waals surface area contributed by atoms with Gasteiger partial charge in [0.2, 0.25) is 6.41 Å². The second kappa shape index (κ2) is 29.9. The number of benzene rings is 2. The molecule has 0 spiro atoms. The average Bonchev–Trinajstić information content (AvgIpc) is 3.57. The fraction of sp³-hybridized carbons (Fsp3) is 0.475. The highest BCUT2D eigenvalue weighted by molar-refractivity contribution is 8.00. The first-order chi connectivity index (χ1) is 26.0. The summed E-state index contributed by atoms with van der Waals surface area (Å²) in [5.74, 6) is 2.37. The van der Waals surface area contributed by atoms with Crippen molar-refractivity contribution in [2.24, 2.45) is 5.92 Å². The Balaban J connectivity index is 0.000000490. The number of nitrogens with zero attached hydrogens (tertiary/aromatic N) is 1. The molecule has 1 saturated heterocycles. The van der Waals surface area contributed by atoms with Crippen LogP contribution in [0.4, 0.5) is 0 Å². The highest BCUT2D eigenvalue weighted by atomic mass is 35.5. The fourth-order valence-electron chi connectivity index (χ4n) is 4.48. The topological polar surface area (TPSA) is 153 Å². The standard InChI is InChI=1S/C18H22N2O9.C15H19ClOS.C7H14/c1-13(19-12-21)18(23)29-15-8-7-14(11-16(15)26-2)5-3-9-27-17(22)6-4-10-28-20(24)25;1-12-9-15(18-11-12)7-2-3-8-17-14-6-4-5-13(16)10-14;1-3-5-7-6-4-2/h3,5,7-8,11-13H,4,6,9-10H2,1-2H3,(H,19,21);2,4-7,10,12,15H,3,8-9,11H2,1H3;3,5H,4,6-7H2,1-2H3/b5-3+;7-2+;5-3-. The van der Waals surface area contributed by atoms with E-state index < -0.39 is 23.1 Å². The lowest BCUT2D eigenvalue weighted by Gasteiger charge is -2.13. The minimum absolute atomic E-state index is 0.00690. The van der Waals surface area contributed by atoms with Crippen molar-refractivity contribution in [3.8, 4) is 17.2 Å². The van der Waals surface area contributed by atoms with Gasteiger partial charge in [0.05, 0.1) is 20.3 Å². The molecule has 0 aliphatic carbocycles. The third-order valence-corrected chi connectivity index (χ3v) is 9.11. The smallest absolute Gasteiger partial charge is 0.333 e. The molecular weight excluding hydrogens is 736 g/mol. The van der Waals surface area contributed by atoms with Crippen LogP contribution in [0.25, 0.3) is 6.08 Å². The molecule has 1 aliphatic heterocycles. The quantitative estimate of drug-likeness (QED) is 0.0246. The average molecular weight is 791 g/mol. The Morgan fingerprint density at radius 3 is 2.54 bits per heavy atom. The van der Waals surface area contributed by atoms with Gasteiger partial charge in [-0.25, -0.2) is 4.79 Å². The summed E-state index contributed by atoms with van der Waals surface area (Å²) >= 11 is 7.95. The van der Waals surface area contributed by atoms with Crippen molar-refractivity contribution in [3.05, 3.63) is 93.5 Å². The summed E-state index contributed by atoms with van der Waals surface area (Å²) in [5, 5.41) is 12.8. The van der Waals surface area contributed by atoms with Crippen LogP contribution in [0.5, 0.6) is 17.2 Å². The van der Waals surface area contributed by atoms with Crippen molar-refractivity contribution in [2.45, 2.75) is 83.9 Å². The van der Waals surface area contributed by atoms with E-state index in [0.717, 1.165) is 23.1 Å². The van der Waals surface area contributed by atoms with Crippen molar-refractivity contribution >= 4 is 47.8 Å². The Labute approximate surface area is 328 Å². The third kappa shape index (κ3) is 23.2. The van der Waals surface area contributed by atoms with E-state index >= 15 is 0 Å². The molecule has 0 bridgehead atoms. The maximum atomic E-state index is 11.9. The zero-order chi connectivity index (χ0) is 40.0. The SMILES string of the molecule is C/C=C\CCCC.CC1CSC(/C=C/CCOc2cccc(Cl)c2)C1.COc1cc(/C=C/COC(=O)CCCO[N+](=O)[O-])ccc1OC(=O)C(C)NC=O. The molecule has 298 valence electrons. The summed E-state index contributed by atoms with van der Waals surface area (Å²) in [6.45, 7) is 8.64. The minimum atomic E-state index is -0.919. The first-order valence-corrected chi connectivity index (χ1v) is 19.4. The van der Waals surface area contributed by atoms with Crippen LogP contribution < -0.4 is 19.5 Å². The van der Waals surface area contributed by atoms with Crippen LogP contribution in [0.15, 0.2) is 72.8 Å². The van der Waals surface area contributed by atoms with Crippen molar-refractivity contribution in [1.82, 2.24) is 5.32 Å². The second-order valence-corrected chi connectivity index (χ2v) is 13.7. The van der Waals surface area contributed by atoms with E-state index in [1.54, 1.807) is 24.3 Å². The van der Waals surface area contributed by atoms with Crippen molar-refractivity contribution in [1.29, 1.82) is 0 Å². The van der Waals surface area contributed by atoms with Gasteiger partial charge < -0.3 is 29.1 Å². The van der Waals surface area contributed by atoms with Crippen LogP contribution >= 0.6 is 23.4 Å². The van der Waals surface area contributed by atoms with Gasteiger partial charge in [-0.15, -0.1) is 10.1 Å². The van der Waals surface area contributed by atoms with Gasteiger partial charge in [-0.3, -0.25) is 9.59 Å². The lowest BCUT2D eigenvalue weighted by molar-refractivity contribution is -0.757. The molecule has 0 saturated carbocycles. The molecule has 1 amide bonds. The third-order valence-electron chi connectivity index (χ3n) is 7.33. The Bertz CT molecular complexity index is 1490. The molecule has 1 N–H and O–H groups in total. The van der Waals surface area contributed by atoms with E-state index in [1.165, 1.54) is 51.5 Å². The van der Waals surface area contributed by atoms with Crippen LogP contribution in [0.3, 0.4) is 0 Å². The molecule has 14 heteroatoms. The largest absolute Gasteiger partial charge is 0.493 e. The number of esters is 2. The van der Waals surface area contributed by atoms with Gasteiger partial charge in [0, 0.05) is 16.7 Å². The molecule has 3 rings (SSSR count). The highest BCUT2D eigenvalue weighted by Gasteiger charge is 2.19. The van der Waals surface area contributed by atoms with Crippen LogP contribution in [0.1, 0.15) is 78.2 Å². The Morgan fingerprint density at radius 1 is 1.09 bits per heavy atom. The normalized spacial score (nSPS) is 15.4. The van der Waals surface area contributed by atoms with Crippen LogP contribution in [-0.4, -0.2) is 67.4 Å². The fourth-order valence-corrected chi connectivity index (χ4v) is 6.06. The number of halogens is 1. The summed E-state index contributed by atoms with van der Waals surface area (Å²) in [6.07, 6.45) is 18.9. The molecule has 2 aromatic rings. The summed E-state index contributed by atoms with van der Waals surface area (Å²) in [5.41, 5.74) is 0.705. The number of carbonyl (C=O) groups is 3. The van der Waals surface area contributed by atoms with Crippen LogP contribution in [-0.2, 0) is 24.0 Å². The Morgan fingerprint density at radius 2 is 1.89 bits per heavy atom. The van der Waals surface area contributed by atoms with E-state index in [1.807, 2.05) is 24.3 Å². The van der Waals surface area contributed by atoms with Gasteiger partial charge >= 0.3 is 11.9 Å². The van der Waals surface area contributed by atoms with Crippen molar-refractivity contribution < 1.29 is 43.3 Å². The molecule has 0 aromatic heterocycles. The van der Waals surface area contributed by atoms with E-state index in [0.29, 0.717) is 29.6 Å². The lowest BCUT2D eigenvalue weighted by Crippen LogP contribution is -2.36. The number of methoxy groups -OCH3 is 1. The number of rotatable bonds is 21. The van der Waals surface area contributed by atoms with E-state index in [9.17, 15) is 24.5 Å².